The summed E-state index contributed by atoms with van der Waals surface area (Å²) in [5.41, 5.74) is 1.86. The van der Waals surface area contributed by atoms with E-state index >= 15 is 0 Å². The molecule has 2 aromatic heterocycles. The first kappa shape index (κ1) is 16.7. The zero-order valence-corrected chi connectivity index (χ0v) is 14.1. The van der Waals surface area contributed by atoms with Crippen LogP contribution in [0.3, 0.4) is 0 Å². The van der Waals surface area contributed by atoms with Gasteiger partial charge in [-0.2, -0.15) is 0 Å². The SMILES string of the molecule is CC(C)(C)c1nccnc1OCC(=O)Nc1ccc2[nH]c(=O)oc2c1. The number of hydrogen-bond acceptors (Lipinski definition) is 6. The molecule has 2 N–H and O–H groups in total. The summed E-state index contributed by atoms with van der Waals surface area (Å²) >= 11 is 0. The fourth-order valence-electron chi connectivity index (χ4n) is 2.30. The smallest absolute Gasteiger partial charge is 0.417 e. The van der Waals surface area contributed by atoms with Gasteiger partial charge in [0.15, 0.2) is 12.2 Å². The standard InChI is InChI=1S/C17H18N4O4/c1-17(2,3)14-15(19-7-6-18-14)24-9-13(22)20-10-4-5-11-12(8-10)25-16(23)21-11/h4-8H,9H2,1-3H3,(H,20,22)(H,21,23). The predicted octanol–water partition coefficient (Wildman–Crippen LogP) is 2.23. The second-order valence-electron chi connectivity index (χ2n) is 6.52. The molecule has 2 heterocycles. The molecule has 0 aliphatic heterocycles. The summed E-state index contributed by atoms with van der Waals surface area (Å²) in [5, 5.41) is 2.68. The highest BCUT2D eigenvalue weighted by atomic mass is 16.5. The summed E-state index contributed by atoms with van der Waals surface area (Å²) in [6, 6.07) is 4.87. The molecule has 130 valence electrons. The molecular formula is C17H18N4O4. The largest absolute Gasteiger partial charge is 0.466 e. The summed E-state index contributed by atoms with van der Waals surface area (Å²) in [4.78, 5) is 34.2. The van der Waals surface area contributed by atoms with Crippen LogP contribution < -0.4 is 15.8 Å². The van der Waals surface area contributed by atoms with E-state index in [-0.39, 0.29) is 17.9 Å². The molecule has 0 aliphatic carbocycles. The number of H-pyrrole nitrogens is 1. The first-order chi connectivity index (χ1) is 11.8. The van der Waals surface area contributed by atoms with Crippen LogP contribution in [-0.4, -0.2) is 27.5 Å². The number of carbonyl (C=O) groups is 1. The molecule has 0 saturated heterocycles. The summed E-state index contributed by atoms with van der Waals surface area (Å²) in [7, 11) is 0. The maximum atomic E-state index is 12.1. The molecule has 1 aromatic carbocycles. The maximum Gasteiger partial charge on any atom is 0.417 e. The number of hydrogen-bond donors (Lipinski definition) is 2. The lowest BCUT2D eigenvalue weighted by molar-refractivity contribution is -0.118. The molecule has 0 spiro atoms. The molecule has 3 rings (SSSR count). The van der Waals surface area contributed by atoms with Crippen molar-refractivity contribution < 1.29 is 13.9 Å². The Morgan fingerprint density at radius 2 is 2.04 bits per heavy atom. The number of anilines is 1. The second kappa shape index (κ2) is 6.39. The number of aromatic amines is 1. The van der Waals surface area contributed by atoms with Crippen molar-refractivity contribution >= 4 is 22.7 Å². The van der Waals surface area contributed by atoms with Gasteiger partial charge in [0.05, 0.1) is 5.52 Å². The average molecular weight is 342 g/mol. The van der Waals surface area contributed by atoms with Crippen molar-refractivity contribution in [1.82, 2.24) is 15.0 Å². The number of amides is 1. The van der Waals surface area contributed by atoms with Crippen molar-refractivity contribution in [2.24, 2.45) is 0 Å². The molecule has 3 aromatic rings. The first-order valence-electron chi connectivity index (χ1n) is 7.70. The molecule has 0 atom stereocenters. The van der Waals surface area contributed by atoms with E-state index in [2.05, 4.69) is 20.3 Å². The maximum absolute atomic E-state index is 12.1. The highest BCUT2D eigenvalue weighted by Crippen LogP contribution is 2.26. The Morgan fingerprint density at radius 3 is 2.80 bits per heavy atom. The van der Waals surface area contributed by atoms with Crippen molar-refractivity contribution in [3.63, 3.8) is 0 Å². The van der Waals surface area contributed by atoms with Crippen molar-refractivity contribution in [2.75, 3.05) is 11.9 Å². The fraction of sp³-hybridized carbons (Fsp3) is 0.294. The number of oxazole rings is 1. The minimum atomic E-state index is -0.542. The van der Waals surface area contributed by atoms with Gasteiger partial charge in [0.25, 0.3) is 5.91 Å². The molecule has 0 fully saturated rings. The number of nitrogens with one attached hydrogen (secondary N) is 2. The van der Waals surface area contributed by atoms with Crippen molar-refractivity contribution in [2.45, 2.75) is 26.2 Å². The van der Waals surface area contributed by atoms with Crippen LogP contribution in [-0.2, 0) is 10.2 Å². The minimum absolute atomic E-state index is 0.211. The number of ether oxygens (including phenoxy) is 1. The Kier molecular flexibility index (Phi) is 4.26. The number of nitrogens with zero attached hydrogens (tertiary/aromatic N) is 2. The van der Waals surface area contributed by atoms with Crippen molar-refractivity contribution in [1.29, 1.82) is 0 Å². The molecule has 0 saturated carbocycles. The van der Waals surface area contributed by atoms with Gasteiger partial charge in [-0.25, -0.2) is 9.78 Å². The van der Waals surface area contributed by atoms with E-state index < -0.39 is 5.76 Å². The molecule has 0 bridgehead atoms. The molecule has 8 heteroatoms. The van der Waals surface area contributed by atoms with Crippen LogP contribution in [0.1, 0.15) is 26.5 Å². The summed E-state index contributed by atoms with van der Waals surface area (Å²) in [6.45, 7) is 5.76. The lowest BCUT2D eigenvalue weighted by atomic mass is 9.92. The Morgan fingerprint density at radius 1 is 1.28 bits per heavy atom. The van der Waals surface area contributed by atoms with E-state index in [1.165, 1.54) is 6.20 Å². The minimum Gasteiger partial charge on any atom is -0.466 e. The number of aromatic nitrogens is 3. The third-order valence-electron chi connectivity index (χ3n) is 3.42. The Labute approximate surface area is 143 Å². The topological polar surface area (TPSA) is 110 Å². The third kappa shape index (κ3) is 3.85. The van der Waals surface area contributed by atoms with E-state index in [4.69, 9.17) is 9.15 Å². The fourth-order valence-corrected chi connectivity index (χ4v) is 2.30. The lowest BCUT2D eigenvalue weighted by Gasteiger charge is -2.19. The molecule has 25 heavy (non-hydrogen) atoms. The zero-order valence-electron chi connectivity index (χ0n) is 14.1. The highest BCUT2D eigenvalue weighted by Gasteiger charge is 2.22. The van der Waals surface area contributed by atoms with Crippen LogP contribution in [0.15, 0.2) is 39.8 Å². The number of benzene rings is 1. The molecular weight excluding hydrogens is 324 g/mol. The van der Waals surface area contributed by atoms with Gasteiger partial charge >= 0.3 is 5.76 Å². The van der Waals surface area contributed by atoms with Crippen molar-refractivity contribution in [3.8, 4) is 5.88 Å². The van der Waals surface area contributed by atoms with Crippen LogP contribution >= 0.6 is 0 Å². The quantitative estimate of drug-likeness (QED) is 0.752. The number of fused-ring (bicyclic) bond motifs is 1. The van der Waals surface area contributed by atoms with Gasteiger partial charge in [-0.05, 0) is 12.1 Å². The van der Waals surface area contributed by atoms with Crippen molar-refractivity contribution in [3.05, 3.63) is 46.8 Å². The predicted molar refractivity (Wildman–Crippen MR) is 91.7 cm³/mol. The Bertz CT molecular complexity index is 968. The van der Waals surface area contributed by atoms with E-state index in [1.54, 1.807) is 24.4 Å². The van der Waals surface area contributed by atoms with Gasteiger partial charge in [-0.1, -0.05) is 20.8 Å². The van der Waals surface area contributed by atoms with Crippen LogP contribution in [0.25, 0.3) is 11.1 Å². The summed E-state index contributed by atoms with van der Waals surface area (Å²) in [6.07, 6.45) is 3.11. The van der Waals surface area contributed by atoms with Crippen LogP contribution in [0.5, 0.6) is 5.88 Å². The average Bonchev–Trinajstić information content (AvgIpc) is 2.91. The van der Waals surface area contributed by atoms with Gasteiger partial charge < -0.3 is 14.5 Å². The molecule has 0 unspecified atom stereocenters. The molecule has 8 nitrogen and oxygen atoms in total. The first-order valence-corrected chi connectivity index (χ1v) is 7.70. The molecule has 0 radical (unpaired) electrons. The Balaban J connectivity index is 1.68. The van der Waals surface area contributed by atoms with Gasteiger partial charge in [0, 0.05) is 29.6 Å². The van der Waals surface area contributed by atoms with Crippen LogP contribution in [0.2, 0.25) is 0 Å². The monoisotopic (exact) mass is 342 g/mol. The zero-order chi connectivity index (χ0) is 18.0. The highest BCUT2D eigenvalue weighted by molar-refractivity contribution is 5.93. The van der Waals surface area contributed by atoms with Crippen LogP contribution in [0.4, 0.5) is 5.69 Å². The van der Waals surface area contributed by atoms with E-state index in [0.717, 1.165) is 0 Å². The Hall–Kier alpha value is -3.16. The number of carbonyl (C=O) groups excluding carboxylic acids is 1. The van der Waals surface area contributed by atoms with E-state index in [9.17, 15) is 9.59 Å². The molecule has 0 aliphatic rings. The van der Waals surface area contributed by atoms with Gasteiger partial charge in [-0.3, -0.25) is 14.8 Å². The lowest BCUT2D eigenvalue weighted by Crippen LogP contribution is -2.23. The van der Waals surface area contributed by atoms with Gasteiger partial charge in [-0.15, -0.1) is 0 Å². The van der Waals surface area contributed by atoms with Crippen LogP contribution in [0, 0.1) is 0 Å². The van der Waals surface area contributed by atoms with Gasteiger partial charge in [0.2, 0.25) is 5.88 Å². The van der Waals surface area contributed by atoms with Gasteiger partial charge in [0.1, 0.15) is 5.69 Å². The third-order valence-corrected chi connectivity index (χ3v) is 3.42. The van der Waals surface area contributed by atoms with E-state index in [1.807, 2.05) is 20.8 Å². The van der Waals surface area contributed by atoms with E-state index in [0.29, 0.717) is 28.4 Å². The normalized spacial score (nSPS) is 11.5. The number of rotatable bonds is 4. The second-order valence-corrected chi connectivity index (χ2v) is 6.52. The summed E-state index contributed by atoms with van der Waals surface area (Å²) < 4.78 is 10.5. The molecule has 1 amide bonds. The summed E-state index contributed by atoms with van der Waals surface area (Å²) in [5.74, 6) is -0.570.